The molecule has 0 atom stereocenters. The van der Waals surface area contributed by atoms with Gasteiger partial charge in [-0.3, -0.25) is 4.79 Å². The van der Waals surface area contributed by atoms with Crippen molar-refractivity contribution in [2.45, 2.75) is 4.90 Å². The molecule has 4 nitrogen and oxygen atoms in total. The van der Waals surface area contributed by atoms with Crippen LogP contribution < -0.4 is 10.1 Å². The van der Waals surface area contributed by atoms with Crippen molar-refractivity contribution >= 4 is 50.1 Å². The fraction of sp³-hybridized carbons (Fsp3) is 0.111. The van der Waals surface area contributed by atoms with Gasteiger partial charge in [0, 0.05) is 20.3 Å². The summed E-state index contributed by atoms with van der Waals surface area (Å²) >= 11 is 6.32. The SMILES string of the molecule is COc1ccc(SCC(=O)Nc2nc(-c3ccc(Br)cc3)cs2)cc1. The van der Waals surface area contributed by atoms with Crippen LogP contribution in [-0.2, 0) is 4.79 Å². The molecule has 2 aromatic carbocycles. The van der Waals surface area contributed by atoms with Crippen molar-refractivity contribution in [1.82, 2.24) is 4.98 Å². The molecule has 1 N–H and O–H groups in total. The van der Waals surface area contributed by atoms with E-state index in [0.29, 0.717) is 10.9 Å². The van der Waals surface area contributed by atoms with Crippen LogP contribution in [0.4, 0.5) is 5.13 Å². The van der Waals surface area contributed by atoms with Crippen molar-refractivity contribution in [2.24, 2.45) is 0 Å². The van der Waals surface area contributed by atoms with Crippen molar-refractivity contribution in [3.63, 3.8) is 0 Å². The number of amides is 1. The van der Waals surface area contributed by atoms with Crippen LogP contribution in [0.2, 0.25) is 0 Å². The molecule has 1 aromatic heterocycles. The molecular weight excluding hydrogens is 420 g/mol. The van der Waals surface area contributed by atoms with Crippen molar-refractivity contribution in [3.05, 3.63) is 58.4 Å². The highest BCUT2D eigenvalue weighted by atomic mass is 79.9. The lowest BCUT2D eigenvalue weighted by molar-refractivity contribution is -0.113. The van der Waals surface area contributed by atoms with Gasteiger partial charge in [-0.15, -0.1) is 23.1 Å². The summed E-state index contributed by atoms with van der Waals surface area (Å²) in [6, 6.07) is 15.6. The molecule has 0 unspecified atom stereocenters. The number of ether oxygens (including phenoxy) is 1. The highest BCUT2D eigenvalue weighted by Gasteiger charge is 2.09. The number of nitrogens with one attached hydrogen (secondary N) is 1. The lowest BCUT2D eigenvalue weighted by Gasteiger charge is -2.03. The normalized spacial score (nSPS) is 10.5. The number of nitrogens with zero attached hydrogens (tertiary/aromatic N) is 1. The fourth-order valence-corrected chi connectivity index (χ4v) is 3.76. The predicted octanol–water partition coefficient (Wildman–Crippen LogP) is 5.31. The first-order chi connectivity index (χ1) is 12.1. The van der Waals surface area contributed by atoms with E-state index in [9.17, 15) is 4.79 Å². The third-order valence-electron chi connectivity index (χ3n) is 3.32. The van der Waals surface area contributed by atoms with E-state index in [4.69, 9.17) is 4.74 Å². The minimum atomic E-state index is -0.0717. The minimum Gasteiger partial charge on any atom is -0.497 e. The Hall–Kier alpha value is -1.83. The Kier molecular flexibility index (Phi) is 6.12. The summed E-state index contributed by atoms with van der Waals surface area (Å²) in [6.45, 7) is 0. The van der Waals surface area contributed by atoms with Crippen molar-refractivity contribution in [2.75, 3.05) is 18.2 Å². The second kappa shape index (κ2) is 8.51. The van der Waals surface area contributed by atoms with Crippen LogP contribution in [0.5, 0.6) is 5.75 Å². The van der Waals surface area contributed by atoms with Crippen LogP contribution in [0.3, 0.4) is 0 Å². The zero-order chi connectivity index (χ0) is 17.6. The average Bonchev–Trinajstić information content (AvgIpc) is 3.09. The molecular formula is C18H15BrN2O2S2. The van der Waals surface area contributed by atoms with Gasteiger partial charge < -0.3 is 10.1 Å². The molecule has 0 bridgehead atoms. The number of methoxy groups -OCH3 is 1. The number of thiazole rings is 1. The Morgan fingerprint density at radius 3 is 2.60 bits per heavy atom. The van der Waals surface area contributed by atoms with Gasteiger partial charge in [-0.2, -0.15) is 0 Å². The van der Waals surface area contributed by atoms with Gasteiger partial charge in [-0.05, 0) is 36.4 Å². The molecule has 1 amide bonds. The number of aromatic nitrogens is 1. The van der Waals surface area contributed by atoms with E-state index >= 15 is 0 Å². The largest absolute Gasteiger partial charge is 0.497 e. The first-order valence-corrected chi connectivity index (χ1v) is 10.1. The Balaban J connectivity index is 1.55. The van der Waals surface area contributed by atoms with Crippen molar-refractivity contribution < 1.29 is 9.53 Å². The Bertz CT molecular complexity index is 848. The lowest BCUT2D eigenvalue weighted by Crippen LogP contribution is -2.13. The predicted molar refractivity (Wildman–Crippen MR) is 108 cm³/mol. The average molecular weight is 435 g/mol. The number of thioether (sulfide) groups is 1. The number of rotatable bonds is 6. The number of carbonyl (C=O) groups excluding carboxylic acids is 1. The lowest BCUT2D eigenvalue weighted by atomic mass is 10.2. The number of benzene rings is 2. The maximum absolute atomic E-state index is 12.1. The van der Waals surface area contributed by atoms with Gasteiger partial charge in [0.05, 0.1) is 18.6 Å². The Morgan fingerprint density at radius 1 is 1.20 bits per heavy atom. The monoisotopic (exact) mass is 434 g/mol. The summed E-state index contributed by atoms with van der Waals surface area (Å²) in [7, 11) is 1.63. The van der Waals surface area contributed by atoms with Gasteiger partial charge in [-0.1, -0.05) is 28.1 Å². The minimum absolute atomic E-state index is 0.0717. The third-order valence-corrected chi connectivity index (χ3v) is 5.62. The molecule has 3 aromatic rings. The van der Waals surface area contributed by atoms with E-state index < -0.39 is 0 Å². The molecule has 0 fully saturated rings. The maximum atomic E-state index is 12.1. The van der Waals surface area contributed by atoms with Crippen molar-refractivity contribution in [3.8, 4) is 17.0 Å². The van der Waals surface area contributed by atoms with E-state index in [1.54, 1.807) is 7.11 Å². The van der Waals surface area contributed by atoms with Gasteiger partial charge in [0.1, 0.15) is 5.75 Å². The standard InChI is InChI=1S/C18H15BrN2O2S2/c1-23-14-6-8-15(9-7-14)24-11-17(22)21-18-20-16(10-25-18)12-2-4-13(19)5-3-12/h2-10H,11H2,1H3,(H,20,21,22). The summed E-state index contributed by atoms with van der Waals surface area (Å²) in [6.07, 6.45) is 0. The highest BCUT2D eigenvalue weighted by Crippen LogP contribution is 2.26. The topological polar surface area (TPSA) is 51.2 Å². The molecule has 0 saturated carbocycles. The molecule has 0 aliphatic heterocycles. The first-order valence-electron chi connectivity index (χ1n) is 7.42. The number of anilines is 1. The van der Waals surface area contributed by atoms with E-state index in [1.165, 1.54) is 23.1 Å². The van der Waals surface area contributed by atoms with E-state index in [-0.39, 0.29) is 5.91 Å². The van der Waals surface area contributed by atoms with Crippen LogP contribution in [0.25, 0.3) is 11.3 Å². The van der Waals surface area contributed by atoms with Crippen LogP contribution in [0.15, 0.2) is 63.3 Å². The second-order valence-corrected chi connectivity index (χ2v) is 7.88. The molecule has 0 aliphatic carbocycles. The van der Waals surface area contributed by atoms with E-state index in [2.05, 4.69) is 26.2 Å². The first kappa shape index (κ1) is 18.0. The number of halogens is 1. The van der Waals surface area contributed by atoms with E-state index in [1.807, 2.05) is 53.9 Å². The summed E-state index contributed by atoms with van der Waals surface area (Å²) < 4.78 is 6.14. The van der Waals surface area contributed by atoms with Crippen LogP contribution in [-0.4, -0.2) is 23.8 Å². The van der Waals surface area contributed by atoms with Gasteiger partial charge in [-0.25, -0.2) is 4.98 Å². The number of hydrogen-bond acceptors (Lipinski definition) is 5. The summed E-state index contributed by atoms with van der Waals surface area (Å²) in [4.78, 5) is 17.6. The summed E-state index contributed by atoms with van der Waals surface area (Å²) in [5.74, 6) is 1.06. The molecule has 1 heterocycles. The molecule has 0 radical (unpaired) electrons. The third kappa shape index (κ3) is 5.07. The second-order valence-electron chi connectivity index (χ2n) is 5.06. The Morgan fingerprint density at radius 2 is 1.92 bits per heavy atom. The van der Waals surface area contributed by atoms with Crippen LogP contribution >= 0.6 is 39.0 Å². The van der Waals surface area contributed by atoms with Gasteiger partial charge >= 0.3 is 0 Å². The zero-order valence-electron chi connectivity index (χ0n) is 13.4. The quantitative estimate of drug-likeness (QED) is 0.533. The summed E-state index contributed by atoms with van der Waals surface area (Å²) in [5.41, 5.74) is 1.88. The Labute approximate surface area is 162 Å². The number of hydrogen-bond donors (Lipinski definition) is 1. The van der Waals surface area contributed by atoms with Crippen LogP contribution in [0.1, 0.15) is 0 Å². The molecule has 7 heteroatoms. The molecule has 0 spiro atoms. The molecule has 25 heavy (non-hydrogen) atoms. The number of carbonyl (C=O) groups is 1. The summed E-state index contributed by atoms with van der Waals surface area (Å²) in [5, 5.41) is 5.40. The molecule has 0 aliphatic rings. The van der Waals surface area contributed by atoms with Gasteiger partial charge in [0.25, 0.3) is 0 Å². The molecule has 128 valence electrons. The maximum Gasteiger partial charge on any atom is 0.236 e. The fourth-order valence-electron chi connectivity index (χ4n) is 2.06. The smallest absolute Gasteiger partial charge is 0.236 e. The van der Waals surface area contributed by atoms with Gasteiger partial charge in [0.2, 0.25) is 5.91 Å². The zero-order valence-corrected chi connectivity index (χ0v) is 16.6. The van der Waals surface area contributed by atoms with Crippen LogP contribution in [0, 0.1) is 0 Å². The van der Waals surface area contributed by atoms with Gasteiger partial charge in [0.15, 0.2) is 5.13 Å². The molecule has 0 saturated heterocycles. The van der Waals surface area contributed by atoms with Crippen molar-refractivity contribution in [1.29, 1.82) is 0 Å². The molecule has 3 rings (SSSR count). The highest BCUT2D eigenvalue weighted by molar-refractivity contribution is 9.10. The van der Waals surface area contributed by atoms with E-state index in [0.717, 1.165) is 26.4 Å².